The second-order valence-electron chi connectivity index (χ2n) is 3.47. The third-order valence-electron chi connectivity index (χ3n) is 2.35. The normalized spacial score (nSPS) is 27.8. The van der Waals surface area contributed by atoms with Gasteiger partial charge in [0.15, 0.2) is 0 Å². The fraction of sp³-hybridized carbons (Fsp3) is 0.875. The number of rotatable bonds is 2. The highest BCUT2D eigenvalue weighted by Crippen LogP contribution is 2.20. The van der Waals surface area contributed by atoms with Crippen molar-refractivity contribution in [2.24, 2.45) is 5.92 Å². The third-order valence-corrected chi connectivity index (χ3v) is 2.35. The van der Waals surface area contributed by atoms with Crippen LogP contribution in [0.15, 0.2) is 0 Å². The number of nitrogens with one attached hydrogen (secondary N) is 2. The molecule has 1 aliphatic carbocycles. The topological polar surface area (TPSA) is 41.1 Å². The summed E-state index contributed by atoms with van der Waals surface area (Å²) in [4.78, 5) is 11.3. The van der Waals surface area contributed by atoms with Gasteiger partial charge < -0.3 is 10.6 Å². The molecule has 0 aromatic carbocycles. The summed E-state index contributed by atoms with van der Waals surface area (Å²) in [6, 6.07) is 0.517. The standard InChI is InChI=1S/C8H14N2O.ClH/c11-8(10-7-1-2-7)6-3-4-9-5-6;/h6-7,9H,1-5H2,(H,10,11);1H/t6-;/m1./s1. The van der Waals surface area contributed by atoms with Crippen LogP contribution in [0.4, 0.5) is 0 Å². The molecule has 4 heteroatoms. The maximum atomic E-state index is 11.3. The van der Waals surface area contributed by atoms with Crippen molar-refractivity contribution in [1.29, 1.82) is 0 Å². The molecule has 3 nitrogen and oxygen atoms in total. The lowest BCUT2D eigenvalue weighted by Crippen LogP contribution is -2.33. The zero-order chi connectivity index (χ0) is 7.68. The van der Waals surface area contributed by atoms with E-state index in [2.05, 4.69) is 10.6 Å². The Kier molecular flexibility index (Phi) is 3.35. The Morgan fingerprint density at radius 2 is 2.08 bits per heavy atom. The van der Waals surface area contributed by atoms with Crippen molar-refractivity contribution in [2.45, 2.75) is 25.3 Å². The quantitative estimate of drug-likeness (QED) is 0.658. The second-order valence-corrected chi connectivity index (χ2v) is 3.47. The summed E-state index contributed by atoms with van der Waals surface area (Å²) >= 11 is 0. The van der Waals surface area contributed by atoms with Gasteiger partial charge in [0.05, 0.1) is 5.92 Å². The van der Waals surface area contributed by atoms with Crippen LogP contribution in [-0.4, -0.2) is 25.0 Å². The minimum absolute atomic E-state index is 0. The third kappa shape index (κ3) is 2.35. The van der Waals surface area contributed by atoms with E-state index in [4.69, 9.17) is 0 Å². The first-order valence-corrected chi connectivity index (χ1v) is 4.37. The Bertz CT molecular complexity index is 164. The van der Waals surface area contributed by atoms with E-state index in [1.165, 1.54) is 12.8 Å². The van der Waals surface area contributed by atoms with E-state index in [-0.39, 0.29) is 24.2 Å². The lowest BCUT2D eigenvalue weighted by molar-refractivity contribution is -0.124. The van der Waals surface area contributed by atoms with Gasteiger partial charge in [0.2, 0.25) is 5.91 Å². The lowest BCUT2D eigenvalue weighted by Gasteiger charge is -2.07. The molecule has 1 saturated heterocycles. The zero-order valence-corrected chi connectivity index (χ0v) is 7.82. The van der Waals surface area contributed by atoms with E-state index in [0.717, 1.165) is 19.5 Å². The van der Waals surface area contributed by atoms with Gasteiger partial charge >= 0.3 is 0 Å². The van der Waals surface area contributed by atoms with Crippen LogP contribution in [-0.2, 0) is 4.79 Å². The molecule has 70 valence electrons. The summed E-state index contributed by atoms with van der Waals surface area (Å²) in [6.45, 7) is 1.88. The van der Waals surface area contributed by atoms with Gasteiger partial charge in [0, 0.05) is 12.6 Å². The predicted octanol–water partition coefficient (Wildman–Crippen LogP) is 0.296. The molecule has 1 atom stereocenters. The zero-order valence-electron chi connectivity index (χ0n) is 7.01. The van der Waals surface area contributed by atoms with Gasteiger partial charge in [-0.2, -0.15) is 0 Å². The molecule has 2 N–H and O–H groups in total. The van der Waals surface area contributed by atoms with Crippen molar-refractivity contribution in [3.8, 4) is 0 Å². The molecule has 0 radical (unpaired) electrons. The van der Waals surface area contributed by atoms with Gasteiger partial charge in [-0.15, -0.1) is 12.4 Å². The summed E-state index contributed by atoms with van der Waals surface area (Å²) in [5, 5.41) is 6.20. The summed E-state index contributed by atoms with van der Waals surface area (Å²) in [5.41, 5.74) is 0. The highest BCUT2D eigenvalue weighted by atomic mass is 35.5. The van der Waals surface area contributed by atoms with Crippen molar-refractivity contribution in [1.82, 2.24) is 10.6 Å². The molecule has 0 aromatic heterocycles. The molecule has 12 heavy (non-hydrogen) atoms. The van der Waals surface area contributed by atoms with Gasteiger partial charge in [0.25, 0.3) is 0 Å². The number of carbonyl (C=O) groups excluding carboxylic acids is 1. The van der Waals surface area contributed by atoms with Crippen molar-refractivity contribution >= 4 is 18.3 Å². The van der Waals surface area contributed by atoms with E-state index in [1.54, 1.807) is 0 Å². The number of halogens is 1. The molecule has 2 aliphatic rings. The van der Waals surface area contributed by atoms with Gasteiger partial charge in [-0.1, -0.05) is 0 Å². The molecule has 1 aliphatic heterocycles. The van der Waals surface area contributed by atoms with Gasteiger partial charge in [-0.25, -0.2) is 0 Å². The molecule has 0 unspecified atom stereocenters. The first kappa shape index (κ1) is 9.81. The van der Waals surface area contributed by atoms with E-state index < -0.39 is 0 Å². The Morgan fingerprint density at radius 3 is 2.58 bits per heavy atom. The van der Waals surface area contributed by atoms with Crippen LogP contribution in [0.1, 0.15) is 19.3 Å². The Hall–Kier alpha value is -0.280. The number of amides is 1. The molecular formula is C8H15ClN2O. The maximum Gasteiger partial charge on any atom is 0.224 e. The molecule has 2 fully saturated rings. The lowest BCUT2D eigenvalue weighted by atomic mass is 10.1. The predicted molar refractivity (Wildman–Crippen MR) is 49.4 cm³/mol. The molecule has 0 bridgehead atoms. The van der Waals surface area contributed by atoms with Crippen molar-refractivity contribution in [2.75, 3.05) is 13.1 Å². The number of hydrogen-bond acceptors (Lipinski definition) is 2. The van der Waals surface area contributed by atoms with Crippen LogP contribution in [0, 0.1) is 5.92 Å². The maximum absolute atomic E-state index is 11.3. The Balaban J connectivity index is 0.000000720. The van der Waals surface area contributed by atoms with Crippen LogP contribution < -0.4 is 10.6 Å². The molecular weight excluding hydrogens is 176 g/mol. The van der Waals surface area contributed by atoms with Crippen LogP contribution in [0.2, 0.25) is 0 Å². The van der Waals surface area contributed by atoms with Gasteiger partial charge in [-0.3, -0.25) is 4.79 Å². The van der Waals surface area contributed by atoms with Crippen LogP contribution in [0.25, 0.3) is 0 Å². The van der Waals surface area contributed by atoms with E-state index in [1.807, 2.05) is 0 Å². The number of hydrogen-bond donors (Lipinski definition) is 2. The van der Waals surface area contributed by atoms with Gasteiger partial charge in [0.1, 0.15) is 0 Å². The van der Waals surface area contributed by atoms with E-state index in [9.17, 15) is 4.79 Å². The van der Waals surface area contributed by atoms with E-state index in [0.29, 0.717) is 6.04 Å². The summed E-state index contributed by atoms with van der Waals surface area (Å²) in [7, 11) is 0. The van der Waals surface area contributed by atoms with Crippen LogP contribution in [0.5, 0.6) is 0 Å². The first-order valence-electron chi connectivity index (χ1n) is 4.37. The molecule has 1 heterocycles. The number of carbonyl (C=O) groups is 1. The molecule has 0 spiro atoms. The van der Waals surface area contributed by atoms with Crippen molar-refractivity contribution < 1.29 is 4.79 Å². The molecule has 2 rings (SSSR count). The fourth-order valence-electron chi connectivity index (χ4n) is 1.43. The van der Waals surface area contributed by atoms with E-state index >= 15 is 0 Å². The minimum Gasteiger partial charge on any atom is -0.353 e. The fourth-order valence-corrected chi connectivity index (χ4v) is 1.43. The first-order chi connectivity index (χ1) is 5.36. The average Bonchev–Trinajstić information content (AvgIpc) is 2.67. The second kappa shape index (κ2) is 4.10. The monoisotopic (exact) mass is 190 g/mol. The van der Waals surface area contributed by atoms with Crippen LogP contribution in [0.3, 0.4) is 0 Å². The van der Waals surface area contributed by atoms with Crippen molar-refractivity contribution in [3.63, 3.8) is 0 Å². The Morgan fingerprint density at radius 1 is 1.33 bits per heavy atom. The summed E-state index contributed by atoms with van der Waals surface area (Å²) in [6.07, 6.45) is 3.39. The van der Waals surface area contributed by atoms with Gasteiger partial charge in [-0.05, 0) is 25.8 Å². The van der Waals surface area contributed by atoms with Crippen molar-refractivity contribution in [3.05, 3.63) is 0 Å². The minimum atomic E-state index is 0. The summed E-state index contributed by atoms with van der Waals surface area (Å²) < 4.78 is 0. The molecule has 1 amide bonds. The SMILES string of the molecule is Cl.O=C(NC1CC1)[C@@H]1CCNC1. The smallest absolute Gasteiger partial charge is 0.224 e. The highest BCUT2D eigenvalue weighted by molar-refractivity contribution is 5.85. The molecule has 0 aromatic rings. The average molecular weight is 191 g/mol. The van der Waals surface area contributed by atoms with Crippen LogP contribution >= 0.6 is 12.4 Å². The molecule has 1 saturated carbocycles. The highest BCUT2D eigenvalue weighted by Gasteiger charge is 2.28. The Labute approximate surface area is 78.7 Å². The largest absolute Gasteiger partial charge is 0.353 e. The summed E-state index contributed by atoms with van der Waals surface area (Å²) in [5.74, 6) is 0.508.